The van der Waals surface area contributed by atoms with Gasteiger partial charge in [-0.05, 0) is 77.5 Å². The summed E-state index contributed by atoms with van der Waals surface area (Å²) >= 11 is 7.15. The average Bonchev–Trinajstić information content (AvgIpc) is 3.13. The van der Waals surface area contributed by atoms with Crippen LogP contribution in [0.4, 0.5) is 5.69 Å². The second-order valence-corrected chi connectivity index (χ2v) is 8.29. The molecular weight excluding hydrogens is 448 g/mol. The first-order valence-corrected chi connectivity index (χ1v) is 10.8. The normalized spacial score (nSPS) is 15.7. The maximum atomic E-state index is 12.3. The molecule has 0 unspecified atom stereocenters. The van der Waals surface area contributed by atoms with Crippen molar-refractivity contribution in [2.24, 2.45) is 4.99 Å². The molecule has 0 bridgehead atoms. The summed E-state index contributed by atoms with van der Waals surface area (Å²) in [4.78, 5) is 28.3. The Morgan fingerprint density at radius 1 is 1.09 bits per heavy atom. The first kappa shape index (κ1) is 21.7. The van der Waals surface area contributed by atoms with Crippen LogP contribution in [-0.2, 0) is 11.4 Å². The number of benzene rings is 3. The van der Waals surface area contributed by atoms with E-state index in [1.165, 1.54) is 17.8 Å². The van der Waals surface area contributed by atoms with E-state index in [4.69, 9.17) is 21.4 Å². The van der Waals surface area contributed by atoms with Crippen LogP contribution in [0.25, 0.3) is 6.08 Å². The Morgan fingerprint density at radius 2 is 1.84 bits per heavy atom. The van der Waals surface area contributed by atoms with Crippen molar-refractivity contribution in [2.45, 2.75) is 6.61 Å². The molecule has 32 heavy (non-hydrogen) atoms. The van der Waals surface area contributed by atoms with Gasteiger partial charge in [-0.2, -0.15) is 0 Å². The standard InChI is InChI=1S/C24H17ClN2O4S/c25-18-6-8-19(9-7-18)26-24-27-22(28)21(32-24)13-15-4-10-20(11-5-15)31-14-16-2-1-3-17(12-16)23(29)30/h1-13H,14H2,(H,29,30)(H,26,27,28)/b21-13-. The number of rotatable bonds is 6. The lowest BCUT2D eigenvalue weighted by atomic mass is 10.1. The fourth-order valence-electron chi connectivity index (χ4n) is 2.89. The summed E-state index contributed by atoms with van der Waals surface area (Å²) in [6.45, 7) is 0.254. The van der Waals surface area contributed by atoms with Gasteiger partial charge >= 0.3 is 5.97 Å². The lowest BCUT2D eigenvalue weighted by Crippen LogP contribution is -2.19. The molecule has 0 spiro atoms. The molecule has 1 saturated heterocycles. The van der Waals surface area contributed by atoms with Gasteiger partial charge in [0.2, 0.25) is 0 Å². The second-order valence-electron chi connectivity index (χ2n) is 6.82. The van der Waals surface area contributed by atoms with E-state index in [0.29, 0.717) is 26.5 Å². The van der Waals surface area contributed by atoms with E-state index in [-0.39, 0.29) is 18.1 Å². The van der Waals surface area contributed by atoms with Gasteiger partial charge < -0.3 is 15.2 Å². The predicted octanol–water partition coefficient (Wildman–Crippen LogP) is 5.51. The van der Waals surface area contributed by atoms with Crippen molar-refractivity contribution in [1.29, 1.82) is 0 Å². The number of amidine groups is 1. The Kier molecular flexibility index (Phi) is 6.58. The lowest BCUT2D eigenvalue weighted by Gasteiger charge is -2.07. The van der Waals surface area contributed by atoms with Gasteiger partial charge in [0.1, 0.15) is 12.4 Å². The van der Waals surface area contributed by atoms with Crippen LogP contribution in [-0.4, -0.2) is 22.2 Å². The molecule has 0 atom stereocenters. The summed E-state index contributed by atoms with van der Waals surface area (Å²) in [6, 6.07) is 20.9. The van der Waals surface area contributed by atoms with Gasteiger partial charge in [0.15, 0.2) is 5.17 Å². The molecule has 0 aliphatic carbocycles. The van der Waals surface area contributed by atoms with Crippen LogP contribution in [0.1, 0.15) is 21.5 Å². The Bertz CT molecular complexity index is 1220. The number of carboxylic acids is 1. The number of hydrogen-bond donors (Lipinski definition) is 2. The Balaban J connectivity index is 1.39. The van der Waals surface area contributed by atoms with Crippen molar-refractivity contribution >= 4 is 52.2 Å². The minimum Gasteiger partial charge on any atom is -0.489 e. The van der Waals surface area contributed by atoms with Gasteiger partial charge in [-0.1, -0.05) is 35.9 Å². The minimum absolute atomic E-state index is 0.207. The Hall–Kier alpha value is -3.55. The van der Waals surface area contributed by atoms with E-state index in [9.17, 15) is 9.59 Å². The van der Waals surface area contributed by atoms with Crippen LogP contribution >= 0.6 is 23.4 Å². The molecule has 8 heteroatoms. The van der Waals surface area contributed by atoms with Gasteiger partial charge in [0, 0.05) is 5.02 Å². The van der Waals surface area contributed by atoms with Crippen LogP contribution in [0.2, 0.25) is 5.02 Å². The monoisotopic (exact) mass is 464 g/mol. The molecule has 0 radical (unpaired) electrons. The molecule has 1 fully saturated rings. The van der Waals surface area contributed by atoms with Crippen LogP contribution in [0.5, 0.6) is 5.75 Å². The maximum Gasteiger partial charge on any atom is 0.335 e. The van der Waals surface area contributed by atoms with Gasteiger partial charge in [-0.3, -0.25) is 4.79 Å². The quantitative estimate of drug-likeness (QED) is 0.470. The number of hydrogen-bond acceptors (Lipinski definition) is 5. The zero-order chi connectivity index (χ0) is 22.5. The molecule has 6 nitrogen and oxygen atoms in total. The van der Waals surface area contributed by atoms with Gasteiger partial charge in [-0.25, -0.2) is 9.79 Å². The van der Waals surface area contributed by atoms with E-state index in [1.54, 1.807) is 54.6 Å². The fourth-order valence-corrected chi connectivity index (χ4v) is 3.85. The number of nitrogens with zero attached hydrogens (tertiary/aromatic N) is 1. The Morgan fingerprint density at radius 3 is 2.56 bits per heavy atom. The fraction of sp³-hybridized carbons (Fsp3) is 0.0417. The average molecular weight is 465 g/mol. The van der Waals surface area contributed by atoms with E-state index in [1.807, 2.05) is 18.2 Å². The molecular formula is C24H17ClN2O4S. The summed E-state index contributed by atoms with van der Waals surface area (Å²) in [5.41, 5.74) is 2.53. The number of amides is 1. The van der Waals surface area contributed by atoms with E-state index < -0.39 is 5.97 Å². The lowest BCUT2D eigenvalue weighted by molar-refractivity contribution is -0.115. The number of nitrogens with one attached hydrogen (secondary N) is 1. The van der Waals surface area contributed by atoms with E-state index in [2.05, 4.69) is 10.3 Å². The largest absolute Gasteiger partial charge is 0.489 e. The Labute approximate surface area is 193 Å². The van der Waals surface area contributed by atoms with Crippen molar-refractivity contribution in [3.05, 3.63) is 99.4 Å². The number of carbonyl (C=O) groups excluding carboxylic acids is 1. The maximum absolute atomic E-state index is 12.3. The van der Waals surface area contributed by atoms with Crippen LogP contribution in [0.15, 0.2) is 82.7 Å². The van der Waals surface area contributed by atoms with Crippen molar-refractivity contribution < 1.29 is 19.4 Å². The SMILES string of the molecule is O=C1NC(=Nc2ccc(Cl)cc2)S/C1=C\c1ccc(OCc2cccc(C(=O)O)c2)cc1. The van der Waals surface area contributed by atoms with Crippen molar-refractivity contribution in [2.75, 3.05) is 0 Å². The second kappa shape index (κ2) is 9.72. The molecule has 1 aliphatic heterocycles. The number of aromatic carboxylic acids is 1. The summed E-state index contributed by atoms with van der Waals surface area (Å²) in [7, 11) is 0. The number of carbonyl (C=O) groups is 2. The molecule has 2 N–H and O–H groups in total. The van der Waals surface area contributed by atoms with Crippen molar-refractivity contribution in [3.63, 3.8) is 0 Å². The highest BCUT2D eigenvalue weighted by molar-refractivity contribution is 8.18. The number of ether oxygens (including phenoxy) is 1. The van der Waals surface area contributed by atoms with Crippen LogP contribution in [0.3, 0.4) is 0 Å². The first-order chi connectivity index (χ1) is 15.5. The summed E-state index contributed by atoms with van der Waals surface area (Å²) in [5, 5.41) is 13.0. The van der Waals surface area contributed by atoms with E-state index in [0.717, 1.165) is 11.1 Å². The molecule has 0 saturated carbocycles. The number of carboxylic acid groups (broad SMARTS) is 1. The molecule has 160 valence electrons. The third-order valence-electron chi connectivity index (χ3n) is 4.47. The topological polar surface area (TPSA) is 88.0 Å². The highest BCUT2D eigenvalue weighted by Gasteiger charge is 2.23. The molecule has 0 aromatic heterocycles. The molecule has 3 aromatic carbocycles. The molecule has 1 aliphatic rings. The van der Waals surface area contributed by atoms with Gasteiger partial charge in [0.25, 0.3) is 5.91 Å². The highest BCUT2D eigenvalue weighted by atomic mass is 35.5. The first-order valence-electron chi connectivity index (χ1n) is 9.56. The molecule has 4 rings (SSSR count). The molecule has 3 aromatic rings. The predicted molar refractivity (Wildman–Crippen MR) is 126 cm³/mol. The summed E-state index contributed by atoms with van der Waals surface area (Å²) in [6.07, 6.45) is 1.78. The van der Waals surface area contributed by atoms with Crippen molar-refractivity contribution in [3.8, 4) is 5.75 Å². The minimum atomic E-state index is -0.973. The third kappa shape index (κ3) is 5.57. The zero-order valence-electron chi connectivity index (χ0n) is 16.6. The zero-order valence-corrected chi connectivity index (χ0v) is 18.2. The van der Waals surface area contributed by atoms with Crippen LogP contribution in [0, 0.1) is 0 Å². The third-order valence-corrected chi connectivity index (χ3v) is 5.63. The number of halogens is 1. The molecule has 1 heterocycles. The number of aliphatic imine (C=N–C) groups is 1. The smallest absolute Gasteiger partial charge is 0.335 e. The van der Waals surface area contributed by atoms with Crippen LogP contribution < -0.4 is 10.1 Å². The summed E-state index contributed by atoms with van der Waals surface area (Å²) in [5.74, 6) is -0.540. The van der Waals surface area contributed by atoms with Crippen molar-refractivity contribution in [1.82, 2.24) is 5.32 Å². The number of thioether (sulfide) groups is 1. The van der Waals surface area contributed by atoms with Gasteiger partial charge in [0.05, 0.1) is 16.2 Å². The van der Waals surface area contributed by atoms with E-state index >= 15 is 0 Å². The summed E-state index contributed by atoms with van der Waals surface area (Å²) < 4.78 is 5.74. The van der Waals surface area contributed by atoms with Gasteiger partial charge in [-0.15, -0.1) is 0 Å². The molecule has 1 amide bonds. The highest BCUT2D eigenvalue weighted by Crippen LogP contribution is 2.29.